The molecular formula is C15H14N4O2S. The first-order valence-corrected chi connectivity index (χ1v) is 7.57. The highest BCUT2D eigenvalue weighted by Gasteiger charge is 2.24. The monoisotopic (exact) mass is 314 g/mol. The van der Waals surface area contributed by atoms with E-state index in [1.807, 2.05) is 31.2 Å². The van der Waals surface area contributed by atoms with Crippen LogP contribution in [-0.2, 0) is 0 Å². The Morgan fingerprint density at radius 2 is 2.05 bits per heavy atom. The minimum atomic E-state index is -0.413. The number of rotatable bonds is 4. The molecule has 0 saturated carbocycles. The molecule has 7 heteroatoms. The zero-order valence-electron chi connectivity index (χ0n) is 12.1. The van der Waals surface area contributed by atoms with Crippen LogP contribution in [0, 0.1) is 10.1 Å². The van der Waals surface area contributed by atoms with E-state index in [1.54, 1.807) is 35.5 Å². The Labute approximate surface area is 131 Å². The van der Waals surface area contributed by atoms with Crippen molar-refractivity contribution < 1.29 is 4.92 Å². The van der Waals surface area contributed by atoms with Gasteiger partial charge in [-0.2, -0.15) is 0 Å². The highest BCUT2D eigenvalue weighted by molar-refractivity contribution is 7.18. The zero-order valence-corrected chi connectivity index (χ0v) is 12.9. The molecule has 0 saturated heterocycles. The number of pyridine rings is 1. The van der Waals surface area contributed by atoms with Crippen LogP contribution in [0.2, 0.25) is 0 Å². The first kappa shape index (κ1) is 14.4. The largest absolute Gasteiger partial charge is 0.345 e. The van der Waals surface area contributed by atoms with Gasteiger partial charge in [-0.3, -0.25) is 10.1 Å². The number of fused-ring (bicyclic) bond motifs is 1. The number of benzene rings is 1. The molecule has 0 unspecified atom stereocenters. The molecule has 22 heavy (non-hydrogen) atoms. The van der Waals surface area contributed by atoms with E-state index in [-0.39, 0.29) is 11.7 Å². The Hall–Kier alpha value is -2.54. The van der Waals surface area contributed by atoms with E-state index in [4.69, 9.17) is 0 Å². The molecule has 6 nitrogen and oxygen atoms in total. The van der Waals surface area contributed by atoms with Crippen LogP contribution in [0.5, 0.6) is 0 Å². The van der Waals surface area contributed by atoms with Gasteiger partial charge in [-0.1, -0.05) is 12.1 Å². The number of aromatic nitrogens is 2. The van der Waals surface area contributed by atoms with Crippen LogP contribution in [0.1, 0.15) is 18.0 Å². The molecule has 0 amide bonds. The average molecular weight is 314 g/mol. The molecular weight excluding hydrogens is 300 g/mol. The van der Waals surface area contributed by atoms with Gasteiger partial charge in [0.1, 0.15) is 5.01 Å². The lowest BCUT2D eigenvalue weighted by atomic mass is 10.3. The van der Waals surface area contributed by atoms with E-state index in [1.165, 1.54) is 6.07 Å². The predicted octanol–water partition coefficient (Wildman–Crippen LogP) is 3.80. The Kier molecular flexibility index (Phi) is 3.72. The van der Waals surface area contributed by atoms with Crippen molar-refractivity contribution in [3.63, 3.8) is 0 Å². The van der Waals surface area contributed by atoms with Crippen LogP contribution >= 0.6 is 11.3 Å². The Morgan fingerprint density at radius 1 is 1.27 bits per heavy atom. The summed E-state index contributed by atoms with van der Waals surface area (Å²) in [5.41, 5.74) is 0.941. The molecule has 2 heterocycles. The summed E-state index contributed by atoms with van der Waals surface area (Å²) in [6, 6.07) is 10.8. The summed E-state index contributed by atoms with van der Waals surface area (Å²) >= 11 is 1.59. The van der Waals surface area contributed by atoms with Crippen molar-refractivity contribution in [2.45, 2.75) is 13.0 Å². The summed E-state index contributed by atoms with van der Waals surface area (Å²) in [5.74, 6) is 0.347. The number of hydrogen-bond donors (Lipinski definition) is 0. The van der Waals surface area contributed by atoms with Crippen LogP contribution < -0.4 is 4.90 Å². The SMILES string of the molecule is C[C@@H](c1nc2ccccc2s1)N(C)c1ncccc1[N+](=O)[O-]. The fourth-order valence-electron chi connectivity index (χ4n) is 2.22. The lowest BCUT2D eigenvalue weighted by molar-refractivity contribution is -0.384. The minimum Gasteiger partial charge on any atom is -0.345 e. The van der Waals surface area contributed by atoms with Crippen LogP contribution in [-0.4, -0.2) is 21.9 Å². The van der Waals surface area contributed by atoms with Gasteiger partial charge >= 0.3 is 5.69 Å². The van der Waals surface area contributed by atoms with Gasteiger partial charge < -0.3 is 4.90 Å². The van der Waals surface area contributed by atoms with Crippen LogP contribution in [0.4, 0.5) is 11.5 Å². The second kappa shape index (κ2) is 5.69. The van der Waals surface area contributed by atoms with Crippen molar-refractivity contribution in [2.24, 2.45) is 0 Å². The average Bonchev–Trinajstić information content (AvgIpc) is 2.97. The molecule has 0 aliphatic heterocycles. The van der Waals surface area contributed by atoms with Gasteiger partial charge in [0.2, 0.25) is 5.82 Å². The summed E-state index contributed by atoms with van der Waals surface area (Å²) in [7, 11) is 1.80. The smallest absolute Gasteiger partial charge is 0.311 e. The van der Waals surface area contributed by atoms with Gasteiger partial charge in [0.05, 0.1) is 21.2 Å². The first-order valence-electron chi connectivity index (χ1n) is 6.75. The van der Waals surface area contributed by atoms with Crippen molar-refractivity contribution in [3.05, 3.63) is 57.7 Å². The molecule has 112 valence electrons. The Balaban J connectivity index is 1.97. The quantitative estimate of drug-likeness (QED) is 0.541. The summed E-state index contributed by atoms with van der Waals surface area (Å²) < 4.78 is 1.10. The maximum absolute atomic E-state index is 11.2. The van der Waals surface area contributed by atoms with Crippen molar-refractivity contribution >= 4 is 33.1 Å². The van der Waals surface area contributed by atoms with Gasteiger partial charge in [0.25, 0.3) is 0 Å². The third-order valence-electron chi connectivity index (χ3n) is 3.55. The van der Waals surface area contributed by atoms with Crippen molar-refractivity contribution in [1.82, 2.24) is 9.97 Å². The van der Waals surface area contributed by atoms with E-state index in [0.717, 1.165) is 15.2 Å². The molecule has 2 aromatic heterocycles. The van der Waals surface area contributed by atoms with Gasteiger partial charge in [-0.05, 0) is 25.1 Å². The molecule has 0 fully saturated rings. The molecule has 1 atom stereocenters. The lowest BCUT2D eigenvalue weighted by Crippen LogP contribution is -2.23. The summed E-state index contributed by atoms with van der Waals surface area (Å²) in [5, 5.41) is 12.1. The molecule has 0 aliphatic carbocycles. The highest BCUT2D eigenvalue weighted by atomic mass is 32.1. The maximum atomic E-state index is 11.2. The topological polar surface area (TPSA) is 72.2 Å². The van der Waals surface area contributed by atoms with Crippen molar-refractivity contribution in [2.75, 3.05) is 11.9 Å². The summed E-state index contributed by atoms with van der Waals surface area (Å²) in [6.45, 7) is 1.97. The molecule has 0 aliphatic rings. The minimum absolute atomic E-state index is 0.00189. The molecule has 3 rings (SSSR count). The van der Waals surface area contributed by atoms with Crippen LogP contribution in [0.15, 0.2) is 42.6 Å². The van der Waals surface area contributed by atoms with E-state index in [0.29, 0.717) is 5.82 Å². The van der Waals surface area contributed by atoms with E-state index < -0.39 is 4.92 Å². The Bertz CT molecular complexity index is 800. The second-order valence-corrected chi connectivity index (χ2v) is 5.97. The molecule has 0 N–H and O–H groups in total. The fourth-order valence-corrected chi connectivity index (χ4v) is 3.28. The summed E-state index contributed by atoms with van der Waals surface area (Å²) in [4.78, 5) is 21.3. The number of anilines is 1. The third kappa shape index (κ3) is 2.50. The molecule has 1 aromatic carbocycles. The highest BCUT2D eigenvalue weighted by Crippen LogP contribution is 2.33. The van der Waals surface area contributed by atoms with Gasteiger partial charge in [-0.25, -0.2) is 9.97 Å². The zero-order chi connectivity index (χ0) is 15.7. The normalized spacial score (nSPS) is 12.3. The van der Waals surface area contributed by atoms with Gasteiger partial charge in [-0.15, -0.1) is 11.3 Å². The predicted molar refractivity (Wildman–Crippen MR) is 87.3 cm³/mol. The molecule has 3 aromatic rings. The first-order chi connectivity index (χ1) is 10.6. The molecule has 0 spiro atoms. The number of para-hydroxylation sites is 1. The van der Waals surface area contributed by atoms with E-state index in [9.17, 15) is 10.1 Å². The fraction of sp³-hybridized carbons (Fsp3) is 0.200. The summed E-state index contributed by atoms with van der Waals surface area (Å²) in [6.07, 6.45) is 1.56. The van der Waals surface area contributed by atoms with Gasteiger partial charge in [0.15, 0.2) is 0 Å². The van der Waals surface area contributed by atoms with Crippen LogP contribution in [0.3, 0.4) is 0 Å². The molecule has 0 radical (unpaired) electrons. The number of hydrogen-bond acceptors (Lipinski definition) is 6. The number of nitrogens with zero attached hydrogens (tertiary/aromatic N) is 4. The Morgan fingerprint density at radius 3 is 2.77 bits per heavy atom. The van der Waals surface area contributed by atoms with Crippen LogP contribution in [0.25, 0.3) is 10.2 Å². The lowest BCUT2D eigenvalue weighted by Gasteiger charge is -2.23. The standard InChI is InChI=1S/C15H14N4O2S/c1-10(15-17-11-6-3-4-8-13(11)22-15)18(2)14-12(19(20)21)7-5-9-16-14/h3-10H,1-2H3/t10-/m0/s1. The maximum Gasteiger partial charge on any atom is 0.311 e. The number of thiazole rings is 1. The van der Waals surface area contributed by atoms with E-state index in [2.05, 4.69) is 9.97 Å². The second-order valence-electron chi connectivity index (χ2n) is 4.91. The van der Waals surface area contributed by atoms with Crippen molar-refractivity contribution in [3.8, 4) is 0 Å². The molecule has 0 bridgehead atoms. The number of nitro groups is 1. The third-order valence-corrected chi connectivity index (χ3v) is 4.75. The van der Waals surface area contributed by atoms with Gasteiger partial charge in [0, 0.05) is 19.3 Å². The van der Waals surface area contributed by atoms with E-state index >= 15 is 0 Å². The van der Waals surface area contributed by atoms with Crippen molar-refractivity contribution in [1.29, 1.82) is 0 Å².